The number of hydrogen-bond acceptors (Lipinski definition) is 2. The molecule has 2 aliphatic rings. The molecule has 0 aromatic carbocycles. The lowest BCUT2D eigenvalue weighted by Gasteiger charge is -2.15. The van der Waals surface area contributed by atoms with Crippen molar-refractivity contribution < 1.29 is 4.79 Å². The number of hydrogen-bond donors (Lipinski definition) is 0. The summed E-state index contributed by atoms with van der Waals surface area (Å²) < 4.78 is 0.744. The van der Waals surface area contributed by atoms with E-state index in [1.165, 1.54) is 6.21 Å². The van der Waals surface area contributed by atoms with Gasteiger partial charge in [0, 0.05) is 12.4 Å². The number of fused-ring (bicyclic) bond motifs is 1. The monoisotopic (exact) mass is 224 g/mol. The molecular weight excluding hydrogens is 220 g/mol. The van der Waals surface area contributed by atoms with Crippen LogP contribution in [0.25, 0.3) is 0 Å². The Balaban J connectivity index is 2.43. The summed E-state index contributed by atoms with van der Waals surface area (Å²) in [6, 6.07) is 0. The van der Waals surface area contributed by atoms with Crippen molar-refractivity contribution in [2.75, 3.05) is 0 Å². The van der Waals surface area contributed by atoms with Gasteiger partial charge in [0.1, 0.15) is 10.5 Å². The average Bonchev–Trinajstić information content (AvgIpc) is 2.04. The van der Waals surface area contributed by atoms with E-state index in [0.29, 0.717) is 0 Å². The number of carbonyl (C=O) groups is 1. The predicted molar refractivity (Wildman–Crippen MR) is 50.6 cm³/mol. The molecule has 0 aromatic heterocycles. The Morgan fingerprint density at radius 2 is 2.25 bits per heavy atom. The highest BCUT2D eigenvalue weighted by molar-refractivity contribution is 9.11. The molecule has 0 saturated carbocycles. The third-order valence-corrected chi connectivity index (χ3v) is 2.16. The van der Waals surface area contributed by atoms with Crippen LogP contribution in [0.5, 0.6) is 0 Å². The van der Waals surface area contributed by atoms with Crippen molar-refractivity contribution in [3.8, 4) is 0 Å². The normalized spacial score (nSPS) is 26.4. The number of rotatable bonds is 0. The summed E-state index contributed by atoms with van der Waals surface area (Å²) in [4.78, 5) is 18.8. The fourth-order valence-electron chi connectivity index (χ4n) is 1.13. The fraction of sp³-hybridized carbons (Fsp3) is 0.125. The average molecular weight is 225 g/mol. The summed E-state index contributed by atoms with van der Waals surface area (Å²) in [7, 11) is 0. The van der Waals surface area contributed by atoms with E-state index < -0.39 is 0 Å². The first-order valence-electron chi connectivity index (χ1n) is 3.47. The highest BCUT2D eigenvalue weighted by atomic mass is 79.9. The number of amides is 1. The van der Waals surface area contributed by atoms with Gasteiger partial charge in [-0.2, -0.15) is 0 Å². The second-order valence-electron chi connectivity index (χ2n) is 2.51. The maximum atomic E-state index is 11.2. The van der Waals surface area contributed by atoms with E-state index in [0.717, 1.165) is 10.2 Å². The van der Waals surface area contributed by atoms with E-state index in [1.807, 2.05) is 12.2 Å². The van der Waals surface area contributed by atoms with Crippen LogP contribution in [0, 0.1) is 5.92 Å². The van der Waals surface area contributed by atoms with Gasteiger partial charge in [-0.25, -0.2) is 4.99 Å². The molecule has 60 valence electrons. The lowest BCUT2D eigenvalue weighted by molar-refractivity contribution is -0.118. The van der Waals surface area contributed by atoms with E-state index in [2.05, 4.69) is 25.9 Å². The minimum atomic E-state index is -0.267. The summed E-state index contributed by atoms with van der Waals surface area (Å²) in [5, 5.41) is 0. The van der Waals surface area contributed by atoms with Crippen molar-refractivity contribution in [3.05, 3.63) is 22.3 Å². The minimum Gasteiger partial charge on any atom is -0.271 e. The molecule has 0 fully saturated rings. The molecule has 0 bridgehead atoms. The van der Waals surface area contributed by atoms with Gasteiger partial charge in [-0.1, -0.05) is 0 Å². The Kier molecular flexibility index (Phi) is 1.77. The van der Waals surface area contributed by atoms with Gasteiger partial charge < -0.3 is 0 Å². The number of carbonyl (C=O) groups excluding carboxylic acids is 1. The van der Waals surface area contributed by atoms with Gasteiger partial charge in [0.25, 0.3) is 5.91 Å². The van der Waals surface area contributed by atoms with Crippen molar-refractivity contribution in [3.63, 3.8) is 0 Å². The molecule has 0 aliphatic carbocycles. The zero-order valence-electron chi connectivity index (χ0n) is 6.07. The van der Waals surface area contributed by atoms with Crippen LogP contribution in [0.15, 0.2) is 32.3 Å². The Hall–Kier alpha value is -1.03. The number of halogens is 1. The third-order valence-electron chi connectivity index (χ3n) is 1.73. The molecule has 0 saturated heterocycles. The summed E-state index contributed by atoms with van der Waals surface area (Å²) in [6.07, 6.45) is 6.77. The number of nitrogens with zero attached hydrogens (tertiary/aromatic N) is 2. The molecule has 1 amide bonds. The van der Waals surface area contributed by atoms with E-state index in [1.54, 1.807) is 6.21 Å². The molecule has 12 heavy (non-hydrogen) atoms. The maximum Gasteiger partial charge on any atom is 0.258 e. The third kappa shape index (κ3) is 1.18. The van der Waals surface area contributed by atoms with Crippen LogP contribution in [-0.4, -0.2) is 18.3 Å². The van der Waals surface area contributed by atoms with Gasteiger partial charge in [0.2, 0.25) is 0 Å². The van der Waals surface area contributed by atoms with Crippen LogP contribution in [0.1, 0.15) is 0 Å². The van der Waals surface area contributed by atoms with E-state index in [-0.39, 0.29) is 11.8 Å². The summed E-state index contributed by atoms with van der Waals surface area (Å²) in [5.41, 5.74) is 0.942. The lowest BCUT2D eigenvalue weighted by Crippen LogP contribution is -2.20. The Morgan fingerprint density at radius 1 is 1.42 bits per heavy atom. The molecule has 0 aromatic rings. The van der Waals surface area contributed by atoms with Gasteiger partial charge >= 0.3 is 0 Å². The number of allylic oxidation sites excluding steroid dienone is 2. The van der Waals surface area contributed by atoms with Crippen molar-refractivity contribution in [1.82, 2.24) is 0 Å². The van der Waals surface area contributed by atoms with Crippen molar-refractivity contribution in [2.24, 2.45) is 15.9 Å². The molecule has 0 spiro atoms. The van der Waals surface area contributed by atoms with E-state index in [9.17, 15) is 4.79 Å². The summed E-state index contributed by atoms with van der Waals surface area (Å²) in [5.74, 6) is -0.413. The number of aliphatic imine (C=N–C) groups is 2. The molecule has 1 atom stereocenters. The van der Waals surface area contributed by atoms with Crippen LogP contribution in [0.4, 0.5) is 0 Å². The topological polar surface area (TPSA) is 41.8 Å². The Morgan fingerprint density at radius 3 is 3.08 bits per heavy atom. The SMILES string of the molecule is O=C1N=CC=C2C=C(Br)N=CC12. The second-order valence-corrected chi connectivity index (χ2v) is 3.32. The Labute approximate surface area is 77.7 Å². The largest absolute Gasteiger partial charge is 0.271 e. The van der Waals surface area contributed by atoms with Crippen molar-refractivity contribution in [1.29, 1.82) is 0 Å². The molecular formula is C8H5BrN2O. The first kappa shape index (κ1) is 7.61. The second kappa shape index (κ2) is 2.79. The zero-order chi connectivity index (χ0) is 8.55. The standard InChI is InChI=1S/C8H5BrN2O/c9-7-3-5-1-2-10-8(12)6(5)4-11-7/h1-4,6H. The zero-order valence-corrected chi connectivity index (χ0v) is 7.65. The van der Waals surface area contributed by atoms with Crippen LogP contribution in [-0.2, 0) is 4.79 Å². The molecule has 0 N–H and O–H groups in total. The van der Waals surface area contributed by atoms with Crippen LogP contribution < -0.4 is 0 Å². The van der Waals surface area contributed by atoms with Crippen LogP contribution in [0.2, 0.25) is 0 Å². The molecule has 4 heteroatoms. The Bertz CT molecular complexity index is 352. The predicted octanol–water partition coefficient (Wildman–Crippen LogP) is 1.46. The van der Waals surface area contributed by atoms with Gasteiger partial charge in [0.15, 0.2) is 0 Å². The van der Waals surface area contributed by atoms with E-state index >= 15 is 0 Å². The molecule has 1 unspecified atom stereocenters. The molecule has 2 aliphatic heterocycles. The summed E-state index contributed by atoms with van der Waals surface area (Å²) in [6.45, 7) is 0. The van der Waals surface area contributed by atoms with Crippen molar-refractivity contribution in [2.45, 2.75) is 0 Å². The smallest absolute Gasteiger partial charge is 0.258 e. The van der Waals surface area contributed by atoms with E-state index in [4.69, 9.17) is 0 Å². The highest BCUT2D eigenvalue weighted by Crippen LogP contribution is 2.24. The maximum absolute atomic E-state index is 11.2. The minimum absolute atomic E-state index is 0.146. The highest BCUT2D eigenvalue weighted by Gasteiger charge is 2.23. The number of dihydropyridines is 1. The summed E-state index contributed by atoms with van der Waals surface area (Å²) >= 11 is 3.24. The molecule has 2 rings (SSSR count). The van der Waals surface area contributed by atoms with Crippen LogP contribution >= 0.6 is 15.9 Å². The first-order chi connectivity index (χ1) is 5.77. The lowest BCUT2D eigenvalue weighted by atomic mass is 9.96. The van der Waals surface area contributed by atoms with Crippen LogP contribution in [0.3, 0.4) is 0 Å². The van der Waals surface area contributed by atoms with Gasteiger partial charge in [0.05, 0.1) is 0 Å². The fourth-order valence-corrected chi connectivity index (χ4v) is 1.51. The molecule has 0 radical (unpaired) electrons. The first-order valence-corrected chi connectivity index (χ1v) is 4.26. The van der Waals surface area contributed by atoms with Crippen molar-refractivity contribution >= 4 is 34.3 Å². The van der Waals surface area contributed by atoms with Gasteiger partial charge in [-0.15, -0.1) is 0 Å². The van der Waals surface area contributed by atoms with Gasteiger partial charge in [-0.3, -0.25) is 9.79 Å². The van der Waals surface area contributed by atoms with Gasteiger partial charge in [-0.05, 0) is 33.7 Å². The molecule has 3 nitrogen and oxygen atoms in total. The quantitative estimate of drug-likeness (QED) is 0.575. The molecule has 2 heterocycles.